The molecule has 1 N–H and O–H groups in total. The van der Waals surface area contributed by atoms with Crippen molar-refractivity contribution in [3.05, 3.63) is 40.4 Å². The number of nitrogens with zero attached hydrogens (tertiary/aromatic N) is 5. The topological polar surface area (TPSA) is 75.9 Å². The van der Waals surface area contributed by atoms with Crippen LogP contribution in [0.5, 0.6) is 0 Å². The zero-order valence-electron chi connectivity index (χ0n) is 13.4. The van der Waals surface area contributed by atoms with Gasteiger partial charge in [0.1, 0.15) is 0 Å². The predicted molar refractivity (Wildman–Crippen MR) is 88.8 cm³/mol. The number of carbonyl (C=O) groups excluding carboxylic acids is 1. The second-order valence-electron chi connectivity index (χ2n) is 6.63. The molecule has 0 atom stereocenters. The van der Waals surface area contributed by atoms with Crippen molar-refractivity contribution in [1.29, 1.82) is 0 Å². The van der Waals surface area contributed by atoms with E-state index in [1.54, 1.807) is 10.9 Å². The van der Waals surface area contributed by atoms with Crippen LogP contribution in [0.15, 0.2) is 18.5 Å². The maximum atomic E-state index is 12.3. The summed E-state index contributed by atoms with van der Waals surface area (Å²) in [6, 6.07) is 2.01. The van der Waals surface area contributed by atoms with E-state index < -0.39 is 0 Å². The number of halogens is 1. The largest absolute Gasteiger partial charge is 0.345 e. The van der Waals surface area contributed by atoms with E-state index in [1.165, 1.54) is 12.8 Å². The summed E-state index contributed by atoms with van der Waals surface area (Å²) in [6.45, 7) is 2.34. The van der Waals surface area contributed by atoms with E-state index >= 15 is 0 Å². The second kappa shape index (κ2) is 6.14. The summed E-state index contributed by atoms with van der Waals surface area (Å²) in [6.07, 6.45) is 6.05. The minimum Gasteiger partial charge on any atom is -0.345 e. The fourth-order valence-electron chi connectivity index (χ4n) is 3.04. The number of nitrogens with one attached hydrogen (secondary N) is 1. The van der Waals surface area contributed by atoms with Gasteiger partial charge in [-0.25, -0.2) is 0 Å². The molecule has 1 saturated heterocycles. The quantitative estimate of drug-likeness (QED) is 0.884. The minimum absolute atomic E-state index is 0.138. The lowest BCUT2D eigenvalue weighted by Crippen LogP contribution is -2.58. The maximum absolute atomic E-state index is 12.3. The molecule has 1 aliphatic heterocycles. The number of aromatic nitrogens is 4. The first kappa shape index (κ1) is 15.5. The highest BCUT2D eigenvalue weighted by Crippen LogP contribution is 2.39. The Morgan fingerprint density at radius 3 is 2.88 bits per heavy atom. The molecule has 0 bridgehead atoms. The summed E-state index contributed by atoms with van der Waals surface area (Å²) in [5.41, 5.74) is 2.54. The van der Waals surface area contributed by atoms with Gasteiger partial charge in [-0.2, -0.15) is 10.2 Å². The van der Waals surface area contributed by atoms with Crippen LogP contribution in [-0.2, 0) is 13.6 Å². The lowest BCUT2D eigenvalue weighted by Gasteiger charge is -2.39. The highest BCUT2D eigenvalue weighted by atomic mass is 35.5. The van der Waals surface area contributed by atoms with E-state index in [-0.39, 0.29) is 11.9 Å². The fourth-order valence-corrected chi connectivity index (χ4v) is 3.27. The Labute approximate surface area is 145 Å². The van der Waals surface area contributed by atoms with Gasteiger partial charge in [-0.15, -0.1) is 5.10 Å². The smallest absolute Gasteiger partial charge is 0.272 e. The molecule has 7 nitrogen and oxygen atoms in total. The van der Waals surface area contributed by atoms with Crippen LogP contribution in [0.3, 0.4) is 0 Å². The number of hydrogen-bond donors (Lipinski definition) is 1. The number of likely N-dealkylation sites (tertiary alicyclic amines) is 1. The Kier molecular flexibility index (Phi) is 3.97. The molecule has 2 aromatic rings. The van der Waals surface area contributed by atoms with Gasteiger partial charge in [0.2, 0.25) is 0 Å². The SMILES string of the molecule is Cn1cc(CN2CC(NC(=O)c3cc(C4CC4)cnn3)C2)c(Cl)n1. The molecule has 1 saturated carbocycles. The number of hydrogen-bond acceptors (Lipinski definition) is 5. The monoisotopic (exact) mass is 346 g/mol. The fraction of sp³-hybridized carbons (Fsp3) is 0.500. The molecule has 126 valence electrons. The Morgan fingerprint density at radius 2 is 2.21 bits per heavy atom. The summed E-state index contributed by atoms with van der Waals surface area (Å²) in [5, 5.41) is 15.6. The lowest BCUT2D eigenvalue weighted by atomic mass is 10.1. The minimum atomic E-state index is -0.144. The van der Waals surface area contributed by atoms with Crippen molar-refractivity contribution in [1.82, 2.24) is 30.2 Å². The molecule has 24 heavy (non-hydrogen) atoms. The van der Waals surface area contributed by atoms with Crippen molar-refractivity contribution < 1.29 is 4.79 Å². The van der Waals surface area contributed by atoms with Gasteiger partial charge in [0.25, 0.3) is 5.91 Å². The average molecular weight is 347 g/mol. The van der Waals surface area contributed by atoms with Crippen molar-refractivity contribution in [3.63, 3.8) is 0 Å². The molecule has 1 aliphatic carbocycles. The summed E-state index contributed by atoms with van der Waals surface area (Å²) in [4.78, 5) is 14.5. The third kappa shape index (κ3) is 3.27. The van der Waals surface area contributed by atoms with Gasteiger partial charge in [0.05, 0.1) is 12.2 Å². The molecule has 2 aromatic heterocycles. The Hall–Kier alpha value is -1.99. The molecule has 3 heterocycles. The molecule has 0 spiro atoms. The highest BCUT2D eigenvalue weighted by molar-refractivity contribution is 6.30. The summed E-state index contributed by atoms with van der Waals surface area (Å²) >= 11 is 6.07. The molecule has 1 amide bonds. The van der Waals surface area contributed by atoms with Gasteiger partial charge in [-0.05, 0) is 30.4 Å². The molecule has 0 aromatic carbocycles. The first-order chi connectivity index (χ1) is 11.6. The van der Waals surface area contributed by atoms with Crippen molar-refractivity contribution >= 4 is 17.5 Å². The van der Waals surface area contributed by atoms with Gasteiger partial charge in [0, 0.05) is 38.4 Å². The molecular formula is C16H19ClN6O. The van der Waals surface area contributed by atoms with Crippen molar-refractivity contribution in [2.75, 3.05) is 13.1 Å². The maximum Gasteiger partial charge on any atom is 0.272 e. The van der Waals surface area contributed by atoms with E-state index in [2.05, 4.69) is 25.5 Å². The molecule has 2 aliphatic rings. The van der Waals surface area contributed by atoms with Crippen LogP contribution < -0.4 is 5.32 Å². The first-order valence-electron chi connectivity index (χ1n) is 8.12. The zero-order chi connectivity index (χ0) is 16.7. The van der Waals surface area contributed by atoms with Gasteiger partial charge < -0.3 is 5.32 Å². The van der Waals surface area contributed by atoms with Gasteiger partial charge in [-0.1, -0.05) is 11.6 Å². The molecular weight excluding hydrogens is 328 g/mol. The average Bonchev–Trinajstić information content (AvgIpc) is 3.32. The zero-order valence-corrected chi connectivity index (χ0v) is 14.2. The highest BCUT2D eigenvalue weighted by Gasteiger charge is 2.30. The van der Waals surface area contributed by atoms with Crippen LogP contribution in [0.4, 0.5) is 0 Å². The Balaban J connectivity index is 1.29. The van der Waals surface area contributed by atoms with Crippen LogP contribution in [0.2, 0.25) is 5.15 Å². The van der Waals surface area contributed by atoms with E-state index in [9.17, 15) is 4.79 Å². The Bertz CT molecular complexity index is 766. The van der Waals surface area contributed by atoms with Crippen LogP contribution in [0.25, 0.3) is 0 Å². The third-order valence-corrected chi connectivity index (χ3v) is 4.81. The van der Waals surface area contributed by atoms with Crippen molar-refractivity contribution in [3.8, 4) is 0 Å². The van der Waals surface area contributed by atoms with Gasteiger partial charge >= 0.3 is 0 Å². The van der Waals surface area contributed by atoms with E-state index in [1.807, 2.05) is 19.3 Å². The molecule has 0 radical (unpaired) electrons. The molecule has 0 unspecified atom stereocenters. The van der Waals surface area contributed by atoms with Crippen LogP contribution >= 0.6 is 11.6 Å². The summed E-state index contributed by atoms with van der Waals surface area (Å²) < 4.78 is 1.71. The third-order valence-electron chi connectivity index (χ3n) is 4.50. The molecule has 2 fully saturated rings. The first-order valence-corrected chi connectivity index (χ1v) is 8.50. The van der Waals surface area contributed by atoms with Crippen LogP contribution in [0.1, 0.15) is 40.4 Å². The standard InChI is InChI=1S/C16H19ClN6O/c1-22-6-12(15(17)21-22)7-23-8-13(9-23)19-16(24)14-4-11(5-18-20-14)10-2-3-10/h4-6,10,13H,2-3,7-9H2,1H3,(H,19,24). The number of amides is 1. The molecule has 4 rings (SSSR count). The van der Waals surface area contributed by atoms with Crippen molar-refractivity contribution in [2.45, 2.75) is 31.3 Å². The van der Waals surface area contributed by atoms with E-state index in [0.717, 1.165) is 30.8 Å². The summed E-state index contributed by atoms with van der Waals surface area (Å²) in [7, 11) is 1.85. The van der Waals surface area contributed by atoms with Crippen molar-refractivity contribution in [2.24, 2.45) is 7.05 Å². The lowest BCUT2D eigenvalue weighted by molar-refractivity contribution is 0.0789. The normalized spacial score (nSPS) is 18.4. The summed E-state index contributed by atoms with van der Waals surface area (Å²) in [5.74, 6) is 0.421. The Morgan fingerprint density at radius 1 is 1.42 bits per heavy atom. The predicted octanol–water partition coefficient (Wildman–Crippen LogP) is 1.36. The second-order valence-corrected chi connectivity index (χ2v) is 6.99. The number of rotatable bonds is 5. The van der Waals surface area contributed by atoms with E-state index in [4.69, 9.17) is 11.6 Å². The van der Waals surface area contributed by atoms with Gasteiger partial charge in [-0.3, -0.25) is 14.4 Å². The number of aryl methyl sites for hydroxylation is 1. The molecule has 8 heteroatoms. The van der Waals surface area contributed by atoms with E-state index in [0.29, 0.717) is 16.8 Å². The number of carbonyl (C=O) groups is 1. The van der Waals surface area contributed by atoms with Crippen LogP contribution in [0, 0.1) is 0 Å². The van der Waals surface area contributed by atoms with Gasteiger partial charge in [0.15, 0.2) is 10.8 Å². The van der Waals surface area contributed by atoms with Crippen LogP contribution in [-0.4, -0.2) is 49.9 Å².